The maximum atomic E-state index is 5.14. The summed E-state index contributed by atoms with van der Waals surface area (Å²) < 4.78 is 2.24. The molecule has 6 aromatic carbocycles. The number of aromatic nitrogens is 3. The van der Waals surface area contributed by atoms with Gasteiger partial charge >= 0.3 is 0 Å². The minimum absolute atomic E-state index is 0.889. The van der Waals surface area contributed by atoms with Crippen LogP contribution < -0.4 is 4.90 Å². The quantitative estimate of drug-likeness (QED) is 0.215. The van der Waals surface area contributed by atoms with Gasteiger partial charge in [-0.2, -0.15) is 0 Å². The van der Waals surface area contributed by atoms with Crippen molar-refractivity contribution in [3.05, 3.63) is 158 Å². The van der Waals surface area contributed by atoms with Crippen LogP contribution in [0.2, 0.25) is 0 Å². The molecule has 0 spiro atoms. The summed E-state index contributed by atoms with van der Waals surface area (Å²) in [6, 6.07) is 53.6. The van der Waals surface area contributed by atoms with Crippen molar-refractivity contribution in [2.45, 2.75) is 0 Å². The smallest absolute Gasteiger partial charge is 0.145 e. The minimum atomic E-state index is 0.889. The molecule has 0 aliphatic carbocycles. The number of hydrogen-bond donors (Lipinski definition) is 0. The topological polar surface area (TPSA) is 34.0 Å². The lowest BCUT2D eigenvalue weighted by Gasteiger charge is -2.27. The molecule has 3 heterocycles. The SMILES string of the molecule is c1ccc2c(c1)-c1ccccc1N(c1ccc(-c3nc4ccccc4n3-c3cccc4cccnc34)cc1)c1ccccc1-2. The van der Waals surface area contributed by atoms with E-state index >= 15 is 0 Å². The second-order valence-corrected chi connectivity index (χ2v) is 11.1. The molecule has 1 aliphatic rings. The third-order valence-corrected chi connectivity index (χ3v) is 8.59. The number of pyridine rings is 1. The van der Waals surface area contributed by atoms with E-state index in [-0.39, 0.29) is 0 Å². The van der Waals surface area contributed by atoms with Crippen LogP contribution in [0, 0.1) is 0 Å². The van der Waals surface area contributed by atoms with E-state index in [1.54, 1.807) is 0 Å². The van der Waals surface area contributed by atoms with Gasteiger partial charge in [0.15, 0.2) is 0 Å². The van der Waals surface area contributed by atoms with Gasteiger partial charge in [0, 0.05) is 34.0 Å². The molecule has 206 valence electrons. The molecule has 0 radical (unpaired) electrons. The molecule has 1 aliphatic heterocycles. The van der Waals surface area contributed by atoms with Crippen LogP contribution in [0.5, 0.6) is 0 Å². The molecular weight excluding hydrogens is 536 g/mol. The van der Waals surface area contributed by atoms with E-state index in [2.05, 4.69) is 149 Å². The maximum Gasteiger partial charge on any atom is 0.145 e. The van der Waals surface area contributed by atoms with E-state index in [1.165, 1.54) is 22.3 Å². The van der Waals surface area contributed by atoms with Crippen LogP contribution in [0.3, 0.4) is 0 Å². The van der Waals surface area contributed by atoms with Crippen LogP contribution in [0.1, 0.15) is 0 Å². The Labute approximate surface area is 255 Å². The van der Waals surface area contributed by atoms with Gasteiger partial charge in [0.2, 0.25) is 0 Å². The van der Waals surface area contributed by atoms with Crippen molar-refractivity contribution in [2.24, 2.45) is 0 Å². The first-order valence-electron chi connectivity index (χ1n) is 14.9. The molecule has 0 atom stereocenters. The molecule has 9 rings (SSSR count). The van der Waals surface area contributed by atoms with Gasteiger partial charge in [-0.1, -0.05) is 91.0 Å². The molecule has 0 saturated heterocycles. The van der Waals surface area contributed by atoms with Crippen LogP contribution in [-0.4, -0.2) is 14.5 Å². The first-order chi connectivity index (χ1) is 21.8. The fraction of sp³-hybridized carbons (Fsp3) is 0. The maximum absolute atomic E-state index is 5.14. The number of para-hydroxylation sites is 5. The molecule has 4 nitrogen and oxygen atoms in total. The van der Waals surface area contributed by atoms with E-state index in [4.69, 9.17) is 9.97 Å². The average molecular weight is 563 g/mol. The highest BCUT2D eigenvalue weighted by molar-refractivity contribution is 6.02. The third kappa shape index (κ3) is 3.71. The highest BCUT2D eigenvalue weighted by atomic mass is 15.2. The number of anilines is 3. The Hall–Kier alpha value is -6.00. The van der Waals surface area contributed by atoms with Crippen LogP contribution >= 0.6 is 0 Å². The number of benzene rings is 6. The average Bonchev–Trinajstić information content (AvgIpc) is 3.43. The standard InChI is InChI=1S/C40H26N4/c1-2-14-31-30(13-1)32-15-3-6-18-35(32)43(36-19-7-4-16-33(31)36)29-24-22-28(23-25-29)40-42-34-17-5-8-20-37(34)44(40)38-21-9-11-27-12-10-26-41-39(27)38/h1-26H. The molecule has 0 bridgehead atoms. The summed E-state index contributed by atoms with van der Waals surface area (Å²) in [5.74, 6) is 0.889. The summed E-state index contributed by atoms with van der Waals surface area (Å²) in [7, 11) is 0. The fourth-order valence-electron chi connectivity index (χ4n) is 6.65. The summed E-state index contributed by atoms with van der Waals surface area (Å²) in [6.07, 6.45) is 1.86. The van der Waals surface area contributed by atoms with Gasteiger partial charge < -0.3 is 4.90 Å². The lowest BCUT2D eigenvalue weighted by atomic mass is 9.95. The largest absolute Gasteiger partial charge is 0.309 e. The molecule has 0 amide bonds. The Morgan fingerprint density at radius 1 is 0.455 bits per heavy atom. The van der Waals surface area contributed by atoms with Gasteiger partial charge in [0.05, 0.1) is 33.6 Å². The molecule has 0 saturated carbocycles. The summed E-state index contributed by atoms with van der Waals surface area (Å²) in [4.78, 5) is 12.3. The summed E-state index contributed by atoms with van der Waals surface area (Å²) >= 11 is 0. The van der Waals surface area contributed by atoms with Crippen LogP contribution in [-0.2, 0) is 0 Å². The van der Waals surface area contributed by atoms with E-state index in [0.29, 0.717) is 0 Å². The molecule has 0 unspecified atom stereocenters. The normalized spacial score (nSPS) is 12.0. The molecule has 8 aromatic rings. The highest BCUT2D eigenvalue weighted by Gasteiger charge is 2.25. The molecule has 0 fully saturated rings. The predicted octanol–water partition coefficient (Wildman–Crippen LogP) is 10.4. The van der Waals surface area contributed by atoms with Crippen molar-refractivity contribution in [3.8, 4) is 39.3 Å². The van der Waals surface area contributed by atoms with Crippen LogP contribution in [0.25, 0.3) is 61.3 Å². The zero-order chi connectivity index (χ0) is 29.0. The number of fused-ring (bicyclic) bond motifs is 7. The molecule has 2 aromatic heterocycles. The van der Waals surface area contributed by atoms with Crippen molar-refractivity contribution in [1.82, 2.24) is 14.5 Å². The van der Waals surface area contributed by atoms with Crippen molar-refractivity contribution in [2.75, 3.05) is 4.90 Å². The molecular formula is C40H26N4. The van der Waals surface area contributed by atoms with Crippen LogP contribution in [0.4, 0.5) is 17.1 Å². The van der Waals surface area contributed by atoms with Gasteiger partial charge in [-0.05, 0) is 71.8 Å². The Morgan fingerprint density at radius 2 is 1.05 bits per heavy atom. The first-order valence-corrected chi connectivity index (χ1v) is 14.9. The lowest BCUT2D eigenvalue weighted by Crippen LogP contribution is -2.10. The Balaban J connectivity index is 1.23. The van der Waals surface area contributed by atoms with E-state index in [0.717, 1.165) is 56.1 Å². The van der Waals surface area contributed by atoms with Gasteiger partial charge in [-0.25, -0.2) is 4.98 Å². The van der Waals surface area contributed by atoms with Crippen LogP contribution in [0.15, 0.2) is 158 Å². The Morgan fingerprint density at radius 3 is 1.77 bits per heavy atom. The van der Waals surface area contributed by atoms with Gasteiger partial charge in [0.1, 0.15) is 5.82 Å². The molecule has 0 N–H and O–H groups in total. The lowest BCUT2D eigenvalue weighted by molar-refractivity contribution is 1.11. The second kappa shape index (κ2) is 9.79. The number of imidazole rings is 1. The predicted molar refractivity (Wildman–Crippen MR) is 181 cm³/mol. The second-order valence-electron chi connectivity index (χ2n) is 11.1. The summed E-state index contributed by atoms with van der Waals surface area (Å²) in [6.45, 7) is 0. The highest BCUT2D eigenvalue weighted by Crippen LogP contribution is 2.50. The van der Waals surface area contributed by atoms with E-state index < -0.39 is 0 Å². The zero-order valence-electron chi connectivity index (χ0n) is 23.8. The summed E-state index contributed by atoms with van der Waals surface area (Å²) in [5.41, 5.74) is 13.3. The first kappa shape index (κ1) is 24.6. The monoisotopic (exact) mass is 562 g/mol. The number of rotatable bonds is 3. The number of nitrogens with zero attached hydrogens (tertiary/aromatic N) is 4. The Kier molecular flexibility index (Phi) is 5.47. The molecule has 44 heavy (non-hydrogen) atoms. The van der Waals surface area contributed by atoms with Crippen molar-refractivity contribution in [3.63, 3.8) is 0 Å². The third-order valence-electron chi connectivity index (χ3n) is 8.59. The number of hydrogen-bond acceptors (Lipinski definition) is 3. The zero-order valence-corrected chi connectivity index (χ0v) is 23.8. The summed E-state index contributed by atoms with van der Waals surface area (Å²) in [5, 5.41) is 1.10. The Bertz CT molecular complexity index is 2280. The van der Waals surface area contributed by atoms with E-state index in [9.17, 15) is 0 Å². The minimum Gasteiger partial charge on any atom is -0.309 e. The van der Waals surface area contributed by atoms with Gasteiger partial charge in [-0.3, -0.25) is 9.55 Å². The molecule has 4 heteroatoms. The van der Waals surface area contributed by atoms with Crippen molar-refractivity contribution >= 4 is 39.0 Å². The van der Waals surface area contributed by atoms with Crippen molar-refractivity contribution < 1.29 is 0 Å². The van der Waals surface area contributed by atoms with Crippen molar-refractivity contribution in [1.29, 1.82) is 0 Å². The fourth-order valence-corrected chi connectivity index (χ4v) is 6.65. The van der Waals surface area contributed by atoms with Gasteiger partial charge in [0.25, 0.3) is 0 Å². The van der Waals surface area contributed by atoms with E-state index in [1.807, 2.05) is 18.3 Å². The van der Waals surface area contributed by atoms with Gasteiger partial charge in [-0.15, -0.1) is 0 Å².